The second-order valence-electron chi connectivity index (χ2n) is 23.2. The van der Waals surface area contributed by atoms with Crippen LogP contribution in [0.3, 0.4) is 0 Å². The molecule has 492 valence electrons. The molecular weight excluding hydrogens is 1090 g/mol. The molecule has 12 N–H and O–H groups in total. The van der Waals surface area contributed by atoms with E-state index in [0.29, 0.717) is 12.8 Å². The normalized spacial score (nSPS) is 29.4. The van der Waals surface area contributed by atoms with Gasteiger partial charge in [-0.3, -0.25) is 4.79 Å². The van der Waals surface area contributed by atoms with Gasteiger partial charge in [0.25, 0.3) is 0 Å². The zero-order valence-electron chi connectivity index (χ0n) is 51.6. The van der Waals surface area contributed by atoms with E-state index in [9.17, 15) is 61.0 Å². The highest BCUT2D eigenvalue weighted by atomic mass is 16.8. The van der Waals surface area contributed by atoms with Crippen molar-refractivity contribution in [3.63, 3.8) is 0 Å². The summed E-state index contributed by atoms with van der Waals surface area (Å²) < 4.78 is 34.3. The number of carbonyl (C=O) groups excluding carboxylic acids is 1. The van der Waals surface area contributed by atoms with Crippen LogP contribution >= 0.6 is 0 Å². The topological polar surface area (TPSA) is 307 Å². The van der Waals surface area contributed by atoms with Crippen molar-refractivity contribution in [3.05, 3.63) is 72.9 Å². The van der Waals surface area contributed by atoms with Gasteiger partial charge in [0.2, 0.25) is 5.91 Å². The van der Waals surface area contributed by atoms with Crippen molar-refractivity contribution in [2.75, 3.05) is 26.4 Å². The Morgan fingerprint density at radius 2 is 0.812 bits per heavy atom. The van der Waals surface area contributed by atoms with E-state index < -0.39 is 124 Å². The molecule has 3 heterocycles. The Morgan fingerprint density at radius 3 is 1.27 bits per heavy atom. The molecule has 1 amide bonds. The molecule has 0 aromatic heterocycles. The highest BCUT2D eigenvalue weighted by molar-refractivity contribution is 5.76. The van der Waals surface area contributed by atoms with Gasteiger partial charge >= 0.3 is 0 Å². The second-order valence-corrected chi connectivity index (χ2v) is 23.2. The summed E-state index contributed by atoms with van der Waals surface area (Å²) in [6, 6.07) is -0.889. The van der Waals surface area contributed by atoms with Gasteiger partial charge in [0, 0.05) is 6.42 Å². The lowest BCUT2D eigenvalue weighted by molar-refractivity contribution is -0.379. The number of rotatable bonds is 48. The third-order valence-electron chi connectivity index (χ3n) is 16.0. The summed E-state index contributed by atoms with van der Waals surface area (Å²) >= 11 is 0. The number of unbranched alkanes of at least 4 members (excludes halogenated alkanes) is 20. The number of hydrogen-bond donors (Lipinski definition) is 12. The lowest BCUT2D eigenvalue weighted by atomic mass is 9.96. The number of aliphatic hydroxyl groups excluding tert-OH is 11. The van der Waals surface area contributed by atoms with Gasteiger partial charge in [0.05, 0.1) is 38.6 Å². The lowest BCUT2D eigenvalue weighted by Crippen LogP contribution is -2.66. The molecule has 17 unspecified atom stereocenters. The first-order valence-corrected chi connectivity index (χ1v) is 32.7. The molecule has 0 bridgehead atoms. The van der Waals surface area contributed by atoms with Gasteiger partial charge in [0.1, 0.15) is 73.2 Å². The maximum absolute atomic E-state index is 13.3. The Morgan fingerprint density at radius 1 is 0.435 bits per heavy atom. The van der Waals surface area contributed by atoms with E-state index in [1.165, 1.54) is 83.5 Å². The highest BCUT2D eigenvalue weighted by Crippen LogP contribution is 2.33. The van der Waals surface area contributed by atoms with Crippen LogP contribution in [0.15, 0.2) is 72.9 Å². The summed E-state index contributed by atoms with van der Waals surface area (Å²) in [6.45, 7) is 1.63. The van der Waals surface area contributed by atoms with Crippen LogP contribution in [0.1, 0.15) is 206 Å². The molecule has 3 saturated heterocycles. The van der Waals surface area contributed by atoms with Gasteiger partial charge < -0.3 is 89.9 Å². The van der Waals surface area contributed by atoms with Gasteiger partial charge in [-0.05, 0) is 64.2 Å². The van der Waals surface area contributed by atoms with Crippen molar-refractivity contribution in [3.8, 4) is 0 Å². The fourth-order valence-corrected chi connectivity index (χ4v) is 10.7. The summed E-state index contributed by atoms with van der Waals surface area (Å²) in [4.78, 5) is 13.3. The SMILES string of the molecule is CC/C=C\C/C=C\C/C=C\C/C=C\C/C=C\C/C=C\CCCCCCCCCCCCCCC(=O)NC(COC1OC(CO)C(OC2OC(CO)C(OC3OC(CO)C(O)C(O)C3O)C(O)C2O)C(O)C1O)C(O)CCCCCCCCCCC. The zero-order chi connectivity index (χ0) is 61.9. The van der Waals surface area contributed by atoms with Gasteiger partial charge in [0.15, 0.2) is 18.9 Å². The first kappa shape index (κ1) is 76.5. The van der Waals surface area contributed by atoms with Crippen molar-refractivity contribution in [2.24, 2.45) is 0 Å². The van der Waals surface area contributed by atoms with Crippen LogP contribution in [0.25, 0.3) is 0 Å². The summed E-state index contributed by atoms with van der Waals surface area (Å²) in [7, 11) is 0. The lowest BCUT2D eigenvalue weighted by Gasteiger charge is -2.48. The zero-order valence-corrected chi connectivity index (χ0v) is 51.6. The Kier molecular flexibility index (Phi) is 43.3. The van der Waals surface area contributed by atoms with Crippen LogP contribution in [0, 0.1) is 0 Å². The molecule has 0 spiro atoms. The molecule has 0 aliphatic carbocycles. The predicted molar refractivity (Wildman–Crippen MR) is 328 cm³/mol. The molecule has 19 heteroatoms. The molecular formula is C66H115NO18. The van der Waals surface area contributed by atoms with Gasteiger partial charge in [-0.1, -0.05) is 209 Å². The summed E-state index contributed by atoms with van der Waals surface area (Å²) in [6.07, 6.45) is 31.6. The highest BCUT2D eigenvalue weighted by Gasteiger charge is 2.53. The summed E-state index contributed by atoms with van der Waals surface area (Å²) in [5.74, 6) is -0.251. The first-order chi connectivity index (χ1) is 41.3. The Hall–Kier alpha value is -2.77. The molecule has 0 aromatic rings. The van der Waals surface area contributed by atoms with Crippen molar-refractivity contribution in [2.45, 2.75) is 311 Å². The van der Waals surface area contributed by atoms with Crippen LogP contribution in [0.5, 0.6) is 0 Å². The van der Waals surface area contributed by atoms with E-state index >= 15 is 0 Å². The quantitative estimate of drug-likeness (QED) is 0.0209. The molecule has 0 saturated carbocycles. The van der Waals surface area contributed by atoms with Crippen LogP contribution in [-0.2, 0) is 33.2 Å². The molecule has 3 fully saturated rings. The largest absolute Gasteiger partial charge is 0.394 e. The third kappa shape index (κ3) is 31.0. The van der Waals surface area contributed by atoms with E-state index in [2.05, 4.69) is 92.1 Å². The molecule has 3 aliphatic heterocycles. The average molecular weight is 1210 g/mol. The van der Waals surface area contributed by atoms with Gasteiger partial charge in [-0.15, -0.1) is 0 Å². The maximum Gasteiger partial charge on any atom is 0.220 e. The summed E-state index contributed by atoms with van der Waals surface area (Å²) in [5.41, 5.74) is 0. The number of amides is 1. The fraction of sp³-hybridized carbons (Fsp3) is 0.803. The number of nitrogens with one attached hydrogen (secondary N) is 1. The minimum absolute atomic E-state index is 0.251. The monoisotopic (exact) mass is 1210 g/mol. The smallest absolute Gasteiger partial charge is 0.220 e. The molecule has 3 rings (SSSR count). The first-order valence-electron chi connectivity index (χ1n) is 32.7. The minimum Gasteiger partial charge on any atom is -0.394 e. The number of allylic oxidation sites excluding steroid dienone is 12. The van der Waals surface area contributed by atoms with E-state index in [4.69, 9.17) is 28.4 Å². The van der Waals surface area contributed by atoms with Crippen LogP contribution in [-0.4, -0.2) is 193 Å². The number of aliphatic hydroxyl groups is 11. The standard InChI is InChI=1S/C66H115NO18/c1-3-5-7-9-11-13-14-15-16-17-18-19-20-21-22-23-24-25-26-27-28-29-30-31-32-33-34-36-38-40-42-44-54(72)67-49(50(71)43-41-39-37-35-12-10-8-6-4-2)48-80-64-60(78)57(75)62(52(46-69)82-64)85-66-61(79)58(76)63(53(47-70)83-66)84-65-59(77)56(74)55(73)51(45-68)81-65/h5,7,11,13,15-16,18-19,21-22,24-25,49-53,55-66,68-71,73-79H,3-4,6,8-10,12,14,17,20,23,26-48H2,1-2H3,(H,67,72)/b7-5-,13-11-,16-15-,19-18-,22-21-,25-24-. The average Bonchev–Trinajstić information content (AvgIpc) is 2.29. The van der Waals surface area contributed by atoms with Crippen LogP contribution in [0.2, 0.25) is 0 Å². The predicted octanol–water partition coefficient (Wildman–Crippen LogP) is 7.38. The summed E-state index contributed by atoms with van der Waals surface area (Å²) in [5, 5.41) is 120. The molecule has 3 aliphatic rings. The van der Waals surface area contributed by atoms with Gasteiger partial charge in [-0.25, -0.2) is 0 Å². The number of hydrogen-bond acceptors (Lipinski definition) is 18. The van der Waals surface area contributed by atoms with Crippen molar-refractivity contribution in [1.29, 1.82) is 0 Å². The fourth-order valence-electron chi connectivity index (χ4n) is 10.7. The Balaban J connectivity index is 1.36. The minimum atomic E-state index is -1.97. The third-order valence-corrected chi connectivity index (χ3v) is 16.0. The van der Waals surface area contributed by atoms with Crippen LogP contribution in [0.4, 0.5) is 0 Å². The number of ether oxygens (including phenoxy) is 6. The molecule has 17 atom stereocenters. The van der Waals surface area contributed by atoms with E-state index in [-0.39, 0.29) is 18.9 Å². The molecule has 0 radical (unpaired) electrons. The van der Waals surface area contributed by atoms with Gasteiger partial charge in [-0.2, -0.15) is 0 Å². The van der Waals surface area contributed by atoms with Crippen molar-refractivity contribution >= 4 is 5.91 Å². The maximum atomic E-state index is 13.3. The van der Waals surface area contributed by atoms with E-state index in [1.54, 1.807) is 0 Å². The van der Waals surface area contributed by atoms with Crippen molar-refractivity contribution in [1.82, 2.24) is 5.32 Å². The van der Waals surface area contributed by atoms with E-state index in [0.717, 1.165) is 89.9 Å². The van der Waals surface area contributed by atoms with Crippen molar-refractivity contribution < 1.29 is 89.4 Å². The second kappa shape index (κ2) is 48.1. The molecule has 85 heavy (non-hydrogen) atoms. The molecule has 0 aromatic carbocycles. The number of carbonyl (C=O) groups is 1. The molecule has 19 nitrogen and oxygen atoms in total. The van der Waals surface area contributed by atoms with Crippen LogP contribution < -0.4 is 5.32 Å². The Labute approximate surface area is 508 Å². The Bertz CT molecular complexity index is 1830. The van der Waals surface area contributed by atoms with E-state index in [1.807, 2.05) is 0 Å².